The predicted octanol–water partition coefficient (Wildman–Crippen LogP) is 16.9. The van der Waals surface area contributed by atoms with E-state index in [1.807, 2.05) is 6.08 Å². The molecule has 0 fully saturated rings. The van der Waals surface area contributed by atoms with E-state index in [0.29, 0.717) is 6.42 Å². The summed E-state index contributed by atoms with van der Waals surface area (Å²) in [5.41, 5.74) is 0. The molecule has 0 rings (SSSR count). The van der Waals surface area contributed by atoms with Gasteiger partial charge in [0.25, 0.3) is 0 Å². The molecule has 0 heterocycles. The molecule has 3 atom stereocenters. The SMILES string of the molecule is CCCCC/C=C/CC/C=C/C(O)C(CO)NC(=O)C(O)CCCCCCCCCCCCCCCCCCCCCCCCCCCCCCCCCCCCCCCC. The lowest BCUT2D eigenvalue weighted by molar-refractivity contribution is -0.131. The first kappa shape index (κ1) is 59.8. The molecule has 3 unspecified atom stereocenters. The molecule has 0 aliphatic carbocycles. The van der Waals surface area contributed by atoms with E-state index >= 15 is 0 Å². The number of amides is 1. The molecule has 5 nitrogen and oxygen atoms in total. The van der Waals surface area contributed by atoms with Crippen molar-refractivity contribution in [3.63, 3.8) is 0 Å². The Morgan fingerprint density at radius 2 is 0.672 bits per heavy atom. The molecule has 0 spiro atoms. The zero-order valence-electron chi connectivity index (χ0n) is 41.3. The summed E-state index contributed by atoms with van der Waals surface area (Å²) in [6.45, 7) is 4.13. The maximum absolute atomic E-state index is 12.4. The second-order valence-corrected chi connectivity index (χ2v) is 19.1. The summed E-state index contributed by atoms with van der Waals surface area (Å²) in [6.07, 6.45) is 65.9. The molecule has 0 saturated carbocycles. The molecular weight excluding hydrogens is 751 g/mol. The second-order valence-electron chi connectivity index (χ2n) is 19.1. The highest BCUT2D eigenvalue weighted by molar-refractivity contribution is 5.80. The Morgan fingerprint density at radius 1 is 0.393 bits per heavy atom. The van der Waals surface area contributed by atoms with Crippen molar-refractivity contribution in [1.29, 1.82) is 0 Å². The summed E-state index contributed by atoms with van der Waals surface area (Å²) in [5, 5.41) is 33.0. The normalized spacial score (nSPS) is 13.5. The third-order valence-corrected chi connectivity index (χ3v) is 13.0. The number of carbonyl (C=O) groups is 1. The van der Waals surface area contributed by atoms with Crippen molar-refractivity contribution in [2.45, 2.75) is 321 Å². The standard InChI is InChI=1S/C56H109NO4/c1-3-5-7-9-11-13-14-15-16-17-18-19-20-21-22-23-24-25-26-27-28-29-30-31-32-33-34-35-36-37-38-39-40-41-43-45-47-49-51-55(60)56(61)57-53(52-58)54(59)50-48-46-44-42-12-10-8-6-4-2/h12,42,48,50,53-55,58-60H,3-11,13-41,43-47,49,51-52H2,1-2H3,(H,57,61)/b42-12+,50-48+. The van der Waals surface area contributed by atoms with E-state index in [0.717, 1.165) is 38.5 Å². The average Bonchev–Trinajstić information content (AvgIpc) is 3.26. The van der Waals surface area contributed by atoms with Gasteiger partial charge in [-0.05, 0) is 32.1 Å². The van der Waals surface area contributed by atoms with Crippen molar-refractivity contribution in [3.05, 3.63) is 24.3 Å². The van der Waals surface area contributed by atoms with Gasteiger partial charge in [-0.25, -0.2) is 0 Å². The van der Waals surface area contributed by atoms with Gasteiger partial charge in [-0.15, -0.1) is 0 Å². The maximum atomic E-state index is 12.4. The van der Waals surface area contributed by atoms with Crippen LogP contribution >= 0.6 is 0 Å². The minimum absolute atomic E-state index is 0.374. The monoisotopic (exact) mass is 860 g/mol. The zero-order chi connectivity index (χ0) is 44.4. The quantitative estimate of drug-likeness (QED) is 0.0362. The lowest BCUT2D eigenvalue weighted by Gasteiger charge is -2.21. The van der Waals surface area contributed by atoms with Crippen molar-refractivity contribution >= 4 is 5.91 Å². The van der Waals surface area contributed by atoms with Gasteiger partial charge in [-0.1, -0.05) is 295 Å². The number of carbonyl (C=O) groups excluding carboxylic acids is 1. The topological polar surface area (TPSA) is 89.8 Å². The van der Waals surface area contributed by atoms with Crippen LogP contribution in [0.1, 0.15) is 303 Å². The predicted molar refractivity (Wildman–Crippen MR) is 268 cm³/mol. The second kappa shape index (κ2) is 51.5. The molecule has 61 heavy (non-hydrogen) atoms. The number of nitrogens with one attached hydrogen (secondary N) is 1. The number of allylic oxidation sites excluding steroid dienone is 3. The fourth-order valence-electron chi connectivity index (χ4n) is 8.73. The van der Waals surface area contributed by atoms with E-state index in [1.54, 1.807) is 6.08 Å². The Balaban J connectivity index is 3.38. The fourth-order valence-corrected chi connectivity index (χ4v) is 8.73. The Labute approximate surface area is 382 Å². The fraction of sp³-hybridized carbons (Fsp3) is 0.911. The van der Waals surface area contributed by atoms with E-state index in [2.05, 4.69) is 31.3 Å². The van der Waals surface area contributed by atoms with Gasteiger partial charge in [-0.3, -0.25) is 4.79 Å². The van der Waals surface area contributed by atoms with Gasteiger partial charge < -0.3 is 20.6 Å². The molecule has 0 aliphatic rings. The van der Waals surface area contributed by atoms with Gasteiger partial charge in [0.1, 0.15) is 6.10 Å². The molecular formula is C56H109NO4. The highest BCUT2D eigenvalue weighted by Gasteiger charge is 2.22. The molecule has 0 aromatic heterocycles. The minimum atomic E-state index is -1.10. The summed E-state index contributed by atoms with van der Waals surface area (Å²) in [5.74, 6) is -0.511. The smallest absolute Gasteiger partial charge is 0.249 e. The van der Waals surface area contributed by atoms with Crippen LogP contribution in [-0.4, -0.2) is 46.1 Å². The molecule has 0 saturated heterocycles. The molecule has 1 amide bonds. The van der Waals surface area contributed by atoms with E-state index in [4.69, 9.17) is 0 Å². The van der Waals surface area contributed by atoms with Crippen LogP contribution in [0.2, 0.25) is 0 Å². The van der Waals surface area contributed by atoms with Gasteiger partial charge >= 0.3 is 0 Å². The van der Waals surface area contributed by atoms with Crippen molar-refractivity contribution in [3.8, 4) is 0 Å². The van der Waals surface area contributed by atoms with Gasteiger partial charge in [-0.2, -0.15) is 0 Å². The summed E-state index contributed by atoms with van der Waals surface area (Å²) in [4.78, 5) is 12.4. The van der Waals surface area contributed by atoms with Crippen molar-refractivity contribution in [2.24, 2.45) is 0 Å². The lowest BCUT2D eigenvalue weighted by Crippen LogP contribution is -2.48. The van der Waals surface area contributed by atoms with Crippen molar-refractivity contribution < 1.29 is 20.1 Å². The number of hydrogen-bond acceptors (Lipinski definition) is 4. The molecule has 362 valence electrons. The number of rotatable bonds is 51. The Morgan fingerprint density at radius 3 is 1.00 bits per heavy atom. The van der Waals surface area contributed by atoms with Crippen LogP contribution in [0.15, 0.2) is 24.3 Å². The molecule has 5 heteroatoms. The van der Waals surface area contributed by atoms with E-state index in [-0.39, 0.29) is 6.61 Å². The summed E-state index contributed by atoms with van der Waals surface area (Å²) in [6, 6.07) is -0.810. The number of hydrogen-bond donors (Lipinski definition) is 4. The largest absolute Gasteiger partial charge is 0.394 e. The average molecular weight is 860 g/mol. The summed E-state index contributed by atoms with van der Waals surface area (Å²) in [7, 11) is 0. The lowest BCUT2D eigenvalue weighted by atomic mass is 10.0. The van der Waals surface area contributed by atoms with Crippen LogP contribution in [0.5, 0.6) is 0 Å². The first-order valence-corrected chi connectivity index (χ1v) is 27.7. The van der Waals surface area contributed by atoms with Gasteiger partial charge in [0.05, 0.1) is 18.8 Å². The van der Waals surface area contributed by atoms with E-state index in [9.17, 15) is 20.1 Å². The molecule has 0 aromatic carbocycles. The van der Waals surface area contributed by atoms with Crippen LogP contribution < -0.4 is 5.32 Å². The van der Waals surface area contributed by atoms with Gasteiger partial charge in [0.15, 0.2) is 0 Å². The highest BCUT2D eigenvalue weighted by atomic mass is 16.3. The Bertz CT molecular complexity index is 905. The van der Waals surface area contributed by atoms with Crippen molar-refractivity contribution in [1.82, 2.24) is 5.32 Å². The first-order chi connectivity index (χ1) is 30.1. The van der Waals surface area contributed by atoms with Crippen LogP contribution in [-0.2, 0) is 4.79 Å². The third-order valence-electron chi connectivity index (χ3n) is 13.0. The number of aliphatic hydroxyl groups is 3. The minimum Gasteiger partial charge on any atom is -0.394 e. The van der Waals surface area contributed by atoms with Crippen LogP contribution in [0.25, 0.3) is 0 Å². The van der Waals surface area contributed by atoms with Crippen molar-refractivity contribution in [2.75, 3.05) is 6.61 Å². The molecule has 0 aliphatic heterocycles. The van der Waals surface area contributed by atoms with Gasteiger partial charge in [0, 0.05) is 0 Å². The van der Waals surface area contributed by atoms with E-state index < -0.39 is 24.2 Å². The third kappa shape index (κ3) is 46.6. The molecule has 0 aromatic rings. The number of unbranched alkanes of at least 4 members (excludes halogenated alkanes) is 41. The molecule has 4 N–H and O–H groups in total. The Hall–Kier alpha value is -1.17. The van der Waals surface area contributed by atoms with Crippen LogP contribution in [0.4, 0.5) is 0 Å². The first-order valence-electron chi connectivity index (χ1n) is 27.7. The maximum Gasteiger partial charge on any atom is 0.249 e. The highest BCUT2D eigenvalue weighted by Crippen LogP contribution is 2.18. The van der Waals surface area contributed by atoms with Crippen LogP contribution in [0, 0.1) is 0 Å². The number of aliphatic hydroxyl groups excluding tert-OH is 3. The van der Waals surface area contributed by atoms with Gasteiger partial charge in [0.2, 0.25) is 5.91 Å². The van der Waals surface area contributed by atoms with E-state index in [1.165, 1.54) is 244 Å². The Kier molecular flexibility index (Phi) is 50.5. The summed E-state index contributed by atoms with van der Waals surface area (Å²) < 4.78 is 0. The summed E-state index contributed by atoms with van der Waals surface area (Å²) >= 11 is 0. The zero-order valence-corrected chi connectivity index (χ0v) is 41.3. The molecule has 0 bridgehead atoms. The van der Waals surface area contributed by atoms with Crippen LogP contribution in [0.3, 0.4) is 0 Å². The molecule has 0 radical (unpaired) electrons.